The van der Waals surface area contributed by atoms with E-state index >= 15 is 0 Å². The normalized spacial score (nSPS) is 10.2. The molecule has 0 radical (unpaired) electrons. The number of thiophene rings is 1. The van der Waals surface area contributed by atoms with Crippen LogP contribution in [-0.4, -0.2) is 36.3 Å². The van der Waals surface area contributed by atoms with Crippen LogP contribution in [0.4, 0.5) is 0 Å². The molecule has 1 rings (SSSR count). The minimum atomic E-state index is -0.135. The van der Waals surface area contributed by atoms with Gasteiger partial charge in [-0.3, -0.25) is 9.59 Å². The lowest BCUT2D eigenvalue weighted by atomic mass is 10.3. The number of rotatable bonds is 6. The van der Waals surface area contributed by atoms with Crippen molar-refractivity contribution in [1.29, 1.82) is 0 Å². The highest BCUT2D eigenvalue weighted by molar-refractivity contribution is 9.10. The van der Waals surface area contributed by atoms with Gasteiger partial charge in [-0.2, -0.15) is 0 Å². The molecule has 0 bridgehead atoms. The summed E-state index contributed by atoms with van der Waals surface area (Å²) < 4.78 is 0.792. The van der Waals surface area contributed by atoms with E-state index in [0.29, 0.717) is 30.9 Å². The summed E-state index contributed by atoms with van der Waals surface area (Å²) in [5.74, 6) is -0.0604. The quantitative estimate of drug-likeness (QED) is 0.870. The Bertz CT molecular complexity index is 416. The number of nitrogens with zero attached hydrogens (tertiary/aromatic N) is 1. The van der Waals surface area contributed by atoms with E-state index < -0.39 is 0 Å². The van der Waals surface area contributed by atoms with Gasteiger partial charge >= 0.3 is 0 Å². The van der Waals surface area contributed by atoms with E-state index in [1.54, 1.807) is 4.90 Å². The van der Waals surface area contributed by atoms with Gasteiger partial charge in [-0.05, 0) is 41.2 Å². The smallest absolute Gasteiger partial charge is 0.262 e. The van der Waals surface area contributed by atoms with Crippen molar-refractivity contribution in [3.8, 4) is 0 Å². The largest absolute Gasteiger partial charge is 0.351 e. The van der Waals surface area contributed by atoms with Gasteiger partial charge < -0.3 is 10.2 Å². The van der Waals surface area contributed by atoms with Crippen LogP contribution in [0.1, 0.15) is 29.9 Å². The first-order chi connectivity index (χ1) is 8.60. The van der Waals surface area contributed by atoms with Gasteiger partial charge in [-0.25, -0.2) is 0 Å². The number of hydrogen-bond acceptors (Lipinski definition) is 3. The third-order valence-corrected chi connectivity index (χ3v) is 4.40. The predicted octanol–water partition coefficient (Wildman–Crippen LogP) is 2.50. The van der Waals surface area contributed by atoms with Crippen LogP contribution in [0.25, 0.3) is 0 Å². The van der Waals surface area contributed by atoms with Gasteiger partial charge in [-0.1, -0.05) is 0 Å². The minimum absolute atomic E-state index is 0.0746. The Hall–Kier alpha value is -0.880. The average Bonchev–Trinajstić information content (AvgIpc) is 2.77. The lowest BCUT2D eigenvalue weighted by Gasteiger charge is -2.18. The van der Waals surface area contributed by atoms with E-state index in [0.717, 1.165) is 4.47 Å². The van der Waals surface area contributed by atoms with Gasteiger partial charge in [0.05, 0.1) is 0 Å². The van der Waals surface area contributed by atoms with E-state index in [4.69, 9.17) is 0 Å². The van der Waals surface area contributed by atoms with Crippen LogP contribution >= 0.6 is 27.3 Å². The maximum absolute atomic E-state index is 11.8. The Morgan fingerprint density at radius 3 is 2.56 bits per heavy atom. The fourth-order valence-electron chi connectivity index (χ4n) is 1.55. The molecule has 1 aromatic heterocycles. The third kappa shape index (κ3) is 4.10. The zero-order chi connectivity index (χ0) is 13.5. The molecule has 0 fully saturated rings. The SMILES string of the molecule is CCN(CC)C(=O)CCNC(=O)c1sccc1Br. The zero-order valence-corrected chi connectivity index (χ0v) is 12.9. The van der Waals surface area contributed by atoms with Crippen molar-refractivity contribution in [2.45, 2.75) is 20.3 Å². The summed E-state index contributed by atoms with van der Waals surface area (Å²) in [6, 6.07) is 1.83. The summed E-state index contributed by atoms with van der Waals surface area (Å²) in [5.41, 5.74) is 0. The van der Waals surface area contributed by atoms with Gasteiger partial charge in [0, 0.05) is 30.5 Å². The molecule has 0 aliphatic carbocycles. The molecular formula is C12H17BrN2O2S. The first kappa shape index (κ1) is 15.2. The second-order valence-electron chi connectivity index (χ2n) is 3.67. The molecular weight excluding hydrogens is 316 g/mol. The van der Waals surface area contributed by atoms with E-state index in [1.807, 2.05) is 25.3 Å². The van der Waals surface area contributed by atoms with Crippen LogP contribution in [-0.2, 0) is 4.79 Å². The molecule has 6 heteroatoms. The molecule has 1 aromatic rings. The Morgan fingerprint density at radius 2 is 2.06 bits per heavy atom. The lowest BCUT2D eigenvalue weighted by molar-refractivity contribution is -0.130. The molecule has 0 aliphatic rings. The second-order valence-corrected chi connectivity index (χ2v) is 5.44. The number of amides is 2. The number of carbonyl (C=O) groups excluding carboxylic acids is 2. The fraction of sp³-hybridized carbons (Fsp3) is 0.500. The lowest BCUT2D eigenvalue weighted by Crippen LogP contribution is -2.34. The van der Waals surface area contributed by atoms with Crippen LogP contribution in [0.5, 0.6) is 0 Å². The van der Waals surface area contributed by atoms with Gasteiger partial charge in [-0.15, -0.1) is 11.3 Å². The molecule has 0 saturated carbocycles. The first-order valence-corrected chi connectivity index (χ1v) is 7.56. The van der Waals surface area contributed by atoms with Crippen LogP contribution < -0.4 is 5.32 Å². The van der Waals surface area contributed by atoms with Crippen molar-refractivity contribution in [2.24, 2.45) is 0 Å². The first-order valence-electron chi connectivity index (χ1n) is 5.89. The van der Waals surface area contributed by atoms with E-state index in [9.17, 15) is 9.59 Å². The molecule has 0 atom stereocenters. The van der Waals surface area contributed by atoms with Crippen molar-refractivity contribution < 1.29 is 9.59 Å². The molecule has 0 aliphatic heterocycles. The molecule has 0 unspecified atom stereocenters. The van der Waals surface area contributed by atoms with Crippen LogP contribution in [0.3, 0.4) is 0 Å². The minimum Gasteiger partial charge on any atom is -0.351 e. The molecule has 4 nitrogen and oxygen atoms in total. The van der Waals surface area contributed by atoms with Crippen LogP contribution in [0, 0.1) is 0 Å². The maximum Gasteiger partial charge on any atom is 0.262 e. The molecule has 0 saturated heterocycles. The van der Waals surface area contributed by atoms with E-state index in [-0.39, 0.29) is 11.8 Å². The van der Waals surface area contributed by atoms with Crippen molar-refractivity contribution in [3.63, 3.8) is 0 Å². The molecule has 2 amide bonds. The van der Waals surface area contributed by atoms with Crippen LogP contribution in [0.2, 0.25) is 0 Å². The Morgan fingerprint density at radius 1 is 1.39 bits per heavy atom. The molecule has 0 aromatic carbocycles. The molecule has 0 spiro atoms. The highest BCUT2D eigenvalue weighted by Gasteiger charge is 2.13. The standard InChI is InChI=1S/C12H17BrN2O2S/c1-3-15(4-2)10(16)5-7-14-12(17)11-9(13)6-8-18-11/h6,8H,3-5,7H2,1-2H3,(H,14,17). The highest BCUT2D eigenvalue weighted by atomic mass is 79.9. The monoisotopic (exact) mass is 332 g/mol. The van der Waals surface area contributed by atoms with E-state index in [2.05, 4.69) is 21.2 Å². The number of carbonyl (C=O) groups is 2. The van der Waals surface area contributed by atoms with Gasteiger partial charge in [0.15, 0.2) is 0 Å². The summed E-state index contributed by atoms with van der Waals surface area (Å²) in [4.78, 5) is 25.9. The predicted molar refractivity (Wildman–Crippen MR) is 76.9 cm³/mol. The Kier molecular flexibility index (Phi) is 6.35. The van der Waals surface area contributed by atoms with Gasteiger partial charge in [0.2, 0.25) is 5.91 Å². The van der Waals surface area contributed by atoms with Crippen LogP contribution in [0.15, 0.2) is 15.9 Å². The van der Waals surface area contributed by atoms with Gasteiger partial charge in [0.1, 0.15) is 4.88 Å². The summed E-state index contributed by atoms with van der Waals surface area (Å²) in [5, 5.41) is 4.60. The Balaban J connectivity index is 2.36. The maximum atomic E-state index is 11.8. The highest BCUT2D eigenvalue weighted by Crippen LogP contribution is 2.22. The third-order valence-electron chi connectivity index (χ3n) is 2.56. The fourth-order valence-corrected chi connectivity index (χ4v) is 3.02. The van der Waals surface area contributed by atoms with Crippen molar-refractivity contribution >= 4 is 39.1 Å². The topological polar surface area (TPSA) is 49.4 Å². The molecule has 1 N–H and O–H groups in total. The Labute approximate surface area is 119 Å². The van der Waals surface area contributed by atoms with Crippen molar-refractivity contribution in [2.75, 3.05) is 19.6 Å². The van der Waals surface area contributed by atoms with Gasteiger partial charge in [0.25, 0.3) is 5.91 Å². The molecule has 1 heterocycles. The van der Waals surface area contributed by atoms with E-state index in [1.165, 1.54) is 11.3 Å². The summed E-state index contributed by atoms with van der Waals surface area (Å²) in [6.45, 7) is 5.68. The number of halogens is 1. The van der Waals surface area contributed by atoms with Crippen molar-refractivity contribution in [1.82, 2.24) is 10.2 Å². The zero-order valence-electron chi connectivity index (χ0n) is 10.5. The molecule has 100 valence electrons. The molecule has 18 heavy (non-hydrogen) atoms. The summed E-state index contributed by atoms with van der Waals surface area (Å²) >= 11 is 4.69. The number of hydrogen-bond donors (Lipinski definition) is 1. The van der Waals surface area contributed by atoms with Crippen molar-refractivity contribution in [3.05, 3.63) is 20.8 Å². The summed E-state index contributed by atoms with van der Waals surface area (Å²) in [6.07, 6.45) is 0.344. The average molecular weight is 333 g/mol. The summed E-state index contributed by atoms with van der Waals surface area (Å²) in [7, 11) is 0. The number of nitrogens with one attached hydrogen (secondary N) is 1. The second kappa shape index (κ2) is 7.53.